The second kappa shape index (κ2) is 6.07. The SMILES string of the molecule is O=C(NCCn1c(=O)[nH]c2cncnc21)C1CCCCC1. The molecule has 0 aromatic carbocycles. The van der Waals surface area contributed by atoms with Gasteiger partial charge in [0, 0.05) is 19.0 Å². The third-order valence-corrected chi connectivity index (χ3v) is 4.04. The second-order valence-corrected chi connectivity index (χ2v) is 5.47. The Labute approximate surface area is 121 Å². The van der Waals surface area contributed by atoms with Crippen LogP contribution in [0.2, 0.25) is 0 Å². The summed E-state index contributed by atoms with van der Waals surface area (Å²) in [5, 5.41) is 2.93. The van der Waals surface area contributed by atoms with Crippen LogP contribution < -0.4 is 11.0 Å². The molecule has 0 saturated heterocycles. The third kappa shape index (κ3) is 2.96. The Morgan fingerprint density at radius 2 is 2.19 bits per heavy atom. The number of aromatic amines is 1. The number of aromatic nitrogens is 4. The highest BCUT2D eigenvalue weighted by atomic mass is 16.2. The molecule has 1 fully saturated rings. The first-order valence-corrected chi connectivity index (χ1v) is 7.42. The molecule has 1 saturated carbocycles. The van der Waals surface area contributed by atoms with E-state index < -0.39 is 0 Å². The first kappa shape index (κ1) is 13.8. The molecule has 0 unspecified atom stereocenters. The van der Waals surface area contributed by atoms with Gasteiger partial charge in [-0.1, -0.05) is 19.3 Å². The third-order valence-electron chi connectivity index (χ3n) is 4.04. The van der Waals surface area contributed by atoms with Gasteiger partial charge in [0.15, 0.2) is 5.65 Å². The number of hydrogen-bond acceptors (Lipinski definition) is 4. The van der Waals surface area contributed by atoms with Crippen LogP contribution in [-0.4, -0.2) is 32.0 Å². The molecule has 2 aromatic heterocycles. The molecule has 0 atom stereocenters. The molecule has 7 heteroatoms. The monoisotopic (exact) mass is 289 g/mol. The molecule has 0 bridgehead atoms. The maximum atomic E-state index is 12.0. The van der Waals surface area contributed by atoms with Crippen molar-refractivity contribution in [1.29, 1.82) is 0 Å². The highest BCUT2D eigenvalue weighted by Gasteiger charge is 2.20. The summed E-state index contributed by atoms with van der Waals surface area (Å²) in [6.07, 6.45) is 8.44. The largest absolute Gasteiger partial charge is 0.354 e. The normalized spacial score (nSPS) is 16.2. The van der Waals surface area contributed by atoms with Crippen molar-refractivity contribution >= 4 is 17.1 Å². The van der Waals surface area contributed by atoms with E-state index in [1.807, 2.05) is 0 Å². The Morgan fingerprint density at radius 1 is 1.38 bits per heavy atom. The molecule has 0 spiro atoms. The smallest absolute Gasteiger partial charge is 0.327 e. The fourth-order valence-electron chi connectivity index (χ4n) is 2.91. The minimum Gasteiger partial charge on any atom is -0.354 e. The predicted molar refractivity (Wildman–Crippen MR) is 77.7 cm³/mol. The molecular weight excluding hydrogens is 270 g/mol. The average molecular weight is 289 g/mol. The van der Waals surface area contributed by atoms with Crippen LogP contribution in [0.1, 0.15) is 32.1 Å². The van der Waals surface area contributed by atoms with Gasteiger partial charge in [-0.3, -0.25) is 9.36 Å². The Bertz CT molecular complexity index is 684. The summed E-state index contributed by atoms with van der Waals surface area (Å²) in [7, 11) is 0. The summed E-state index contributed by atoms with van der Waals surface area (Å²) < 4.78 is 1.53. The Balaban J connectivity index is 1.60. The fraction of sp³-hybridized carbons (Fsp3) is 0.571. The number of imidazole rings is 1. The number of nitrogens with one attached hydrogen (secondary N) is 2. The lowest BCUT2D eigenvalue weighted by Gasteiger charge is -2.20. The van der Waals surface area contributed by atoms with Crippen LogP contribution in [0.15, 0.2) is 17.3 Å². The van der Waals surface area contributed by atoms with Crippen LogP contribution in [0.4, 0.5) is 0 Å². The molecule has 0 aliphatic heterocycles. The van der Waals surface area contributed by atoms with Crippen molar-refractivity contribution in [2.75, 3.05) is 6.54 Å². The zero-order valence-corrected chi connectivity index (χ0v) is 11.8. The minimum absolute atomic E-state index is 0.109. The molecule has 7 nitrogen and oxygen atoms in total. The van der Waals surface area contributed by atoms with Gasteiger partial charge in [0.1, 0.15) is 11.8 Å². The van der Waals surface area contributed by atoms with Crippen LogP contribution in [0, 0.1) is 5.92 Å². The van der Waals surface area contributed by atoms with Crippen molar-refractivity contribution in [2.24, 2.45) is 5.92 Å². The van der Waals surface area contributed by atoms with Crippen molar-refractivity contribution in [2.45, 2.75) is 38.6 Å². The van der Waals surface area contributed by atoms with Crippen LogP contribution in [-0.2, 0) is 11.3 Å². The number of carbonyl (C=O) groups excluding carboxylic acids is 1. The lowest BCUT2D eigenvalue weighted by Crippen LogP contribution is -2.35. The number of rotatable bonds is 4. The van der Waals surface area contributed by atoms with E-state index in [2.05, 4.69) is 20.3 Å². The highest BCUT2D eigenvalue weighted by Crippen LogP contribution is 2.23. The van der Waals surface area contributed by atoms with Crippen LogP contribution in [0.25, 0.3) is 11.2 Å². The van der Waals surface area contributed by atoms with Crippen molar-refractivity contribution in [3.63, 3.8) is 0 Å². The summed E-state index contributed by atoms with van der Waals surface area (Å²) in [4.78, 5) is 34.6. The predicted octanol–water partition coefficient (Wildman–Crippen LogP) is 0.816. The molecule has 1 amide bonds. The van der Waals surface area contributed by atoms with Crippen LogP contribution >= 0.6 is 0 Å². The summed E-state index contributed by atoms with van der Waals surface area (Å²) in [6, 6.07) is 0. The van der Waals surface area contributed by atoms with E-state index in [9.17, 15) is 9.59 Å². The van der Waals surface area contributed by atoms with Crippen molar-refractivity contribution < 1.29 is 4.79 Å². The molecule has 2 N–H and O–H groups in total. The maximum absolute atomic E-state index is 12.0. The number of carbonyl (C=O) groups is 1. The van der Waals surface area contributed by atoms with Gasteiger partial charge >= 0.3 is 5.69 Å². The minimum atomic E-state index is -0.225. The van der Waals surface area contributed by atoms with Gasteiger partial charge in [-0.2, -0.15) is 0 Å². The number of nitrogens with zero attached hydrogens (tertiary/aromatic N) is 3. The van der Waals surface area contributed by atoms with E-state index in [0.29, 0.717) is 24.3 Å². The molecule has 2 heterocycles. The molecule has 112 valence electrons. The summed E-state index contributed by atoms with van der Waals surface area (Å²) in [6.45, 7) is 0.848. The van der Waals surface area contributed by atoms with Gasteiger partial charge in [0.2, 0.25) is 5.91 Å². The molecule has 3 rings (SSSR count). The maximum Gasteiger partial charge on any atom is 0.327 e. The zero-order valence-electron chi connectivity index (χ0n) is 11.8. The summed E-state index contributed by atoms with van der Waals surface area (Å²) >= 11 is 0. The lowest BCUT2D eigenvalue weighted by molar-refractivity contribution is -0.125. The topological polar surface area (TPSA) is 92.7 Å². The summed E-state index contributed by atoms with van der Waals surface area (Å²) in [5.41, 5.74) is 0.959. The number of hydrogen-bond donors (Lipinski definition) is 2. The molecule has 1 aliphatic rings. The zero-order chi connectivity index (χ0) is 14.7. The van der Waals surface area contributed by atoms with Crippen molar-refractivity contribution in [1.82, 2.24) is 24.8 Å². The Hall–Kier alpha value is -2.18. The quantitative estimate of drug-likeness (QED) is 0.871. The molecule has 21 heavy (non-hydrogen) atoms. The first-order chi connectivity index (χ1) is 10.3. The average Bonchev–Trinajstić information content (AvgIpc) is 2.84. The van der Waals surface area contributed by atoms with Gasteiger partial charge < -0.3 is 10.3 Å². The van der Waals surface area contributed by atoms with Gasteiger partial charge in [-0.05, 0) is 12.8 Å². The molecule has 0 radical (unpaired) electrons. The van der Waals surface area contributed by atoms with Gasteiger partial charge in [0.25, 0.3) is 0 Å². The summed E-state index contributed by atoms with van der Waals surface area (Å²) in [5.74, 6) is 0.248. The first-order valence-electron chi connectivity index (χ1n) is 7.42. The van der Waals surface area contributed by atoms with Crippen LogP contribution in [0.5, 0.6) is 0 Å². The fourth-order valence-corrected chi connectivity index (χ4v) is 2.91. The van der Waals surface area contributed by atoms with E-state index in [0.717, 1.165) is 25.7 Å². The van der Waals surface area contributed by atoms with Gasteiger partial charge in [0.05, 0.1) is 6.20 Å². The number of fused-ring (bicyclic) bond motifs is 1. The molecule has 1 aliphatic carbocycles. The second-order valence-electron chi connectivity index (χ2n) is 5.47. The van der Waals surface area contributed by atoms with E-state index in [1.54, 1.807) is 6.20 Å². The van der Waals surface area contributed by atoms with Gasteiger partial charge in [-0.25, -0.2) is 14.8 Å². The highest BCUT2D eigenvalue weighted by molar-refractivity contribution is 5.78. The van der Waals surface area contributed by atoms with Crippen LogP contribution in [0.3, 0.4) is 0 Å². The van der Waals surface area contributed by atoms with E-state index in [-0.39, 0.29) is 17.5 Å². The van der Waals surface area contributed by atoms with Crippen molar-refractivity contribution in [3.05, 3.63) is 23.0 Å². The lowest BCUT2D eigenvalue weighted by atomic mass is 9.89. The van der Waals surface area contributed by atoms with E-state index in [1.165, 1.54) is 17.3 Å². The molecular formula is C14H19N5O2. The number of H-pyrrole nitrogens is 1. The Morgan fingerprint density at radius 3 is 3.00 bits per heavy atom. The van der Waals surface area contributed by atoms with Gasteiger partial charge in [-0.15, -0.1) is 0 Å². The van der Waals surface area contributed by atoms with E-state index >= 15 is 0 Å². The van der Waals surface area contributed by atoms with Crippen molar-refractivity contribution in [3.8, 4) is 0 Å². The number of amides is 1. The van der Waals surface area contributed by atoms with E-state index in [4.69, 9.17) is 0 Å². The molecule has 2 aromatic rings. The standard InChI is InChI=1S/C14H19N5O2/c20-13(10-4-2-1-3-5-10)16-6-7-19-12-11(18-14(19)21)8-15-9-17-12/h8-10H,1-7H2,(H,16,20)(H,18,21). The Kier molecular flexibility index (Phi) is 3.98.